The van der Waals surface area contributed by atoms with Gasteiger partial charge in [-0.1, -0.05) is 36.4 Å². The van der Waals surface area contributed by atoms with Gasteiger partial charge in [0.2, 0.25) is 5.82 Å². The van der Waals surface area contributed by atoms with E-state index in [1.165, 1.54) is 0 Å². The normalized spacial score (nSPS) is 11.2. The van der Waals surface area contributed by atoms with Crippen LogP contribution < -0.4 is 5.32 Å². The number of aromatic nitrogens is 6. The number of nitrogens with zero attached hydrogens (tertiary/aromatic N) is 5. The molecule has 0 saturated carbocycles. The van der Waals surface area contributed by atoms with Gasteiger partial charge < -0.3 is 10.3 Å². The Hall–Kier alpha value is -4.07. The van der Waals surface area contributed by atoms with Crippen molar-refractivity contribution in [3.63, 3.8) is 0 Å². The van der Waals surface area contributed by atoms with Crippen LogP contribution in [0.2, 0.25) is 0 Å². The number of nitrogens with one attached hydrogen (secondary N) is 2. The van der Waals surface area contributed by atoms with E-state index in [-0.39, 0.29) is 11.7 Å². The molecule has 0 aliphatic carbocycles. The second-order valence-corrected chi connectivity index (χ2v) is 6.72. The highest BCUT2D eigenvalue weighted by atomic mass is 16.2. The molecule has 5 rings (SSSR count). The quantitative estimate of drug-likeness (QED) is 0.497. The Kier molecular flexibility index (Phi) is 4.02. The van der Waals surface area contributed by atoms with Crippen LogP contribution in [-0.2, 0) is 6.54 Å². The van der Waals surface area contributed by atoms with E-state index in [0.717, 1.165) is 33.7 Å². The summed E-state index contributed by atoms with van der Waals surface area (Å²) in [6.45, 7) is 2.26. The Morgan fingerprint density at radius 3 is 2.69 bits per heavy atom. The number of H-pyrrole nitrogens is 1. The number of hydrogen-bond acceptors (Lipinski definition) is 5. The molecule has 0 unspecified atom stereocenters. The fraction of sp³-hybridized carbons (Fsp3) is 0.0952. The van der Waals surface area contributed by atoms with Crippen molar-refractivity contribution in [2.45, 2.75) is 13.5 Å². The SMILES string of the molecule is Cc1ccnc2nc(C(=O)NCc3ccc(-c4nc5ccccc5[nH]4)cc3)nn12. The number of rotatable bonds is 4. The van der Waals surface area contributed by atoms with Gasteiger partial charge in [0.1, 0.15) is 5.82 Å². The van der Waals surface area contributed by atoms with Crippen LogP contribution in [0.4, 0.5) is 0 Å². The molecule has 3 aromatic heterocycles. The average Bonchev–Trinajstić information content (AvgIpc) is 3.37. The van der Waals surface area contributed by atoms with Crippen LogP contribution in [0.15, 0.2) is 60.8 Å². The molecule has 8 heteroatoms. The van der Waals surface area contributed by atoms with E-state index in [2.05, 4.69) is 30.4 Å². The van der Waals surface area contributed by atoms with Gasteiger partial charge in [-0.05, 0) is 30.7 Å². The Balaban J connectivity index is 1.29. The number of amides is 1. The van der Waals surface area contributed by atoms with Gasteiger partial charge in [-0.3, -0.25) is 4.79 Å². The molecule has 2 N–H and O–H groups in total. The predicted octanol–water partition coefficient (Wildman–Crippen LogP) is 2.91. The minimum absolute atomic E-state index is 0.102. The highest BCUT2D eigenvalue weighted by molar-refractivity contribution is 5.90. The lowest BCUT2D eigenvalue weighted by molar-refractivity contribution is 0.0940. The summed E-state index contributed by atoms with van der Waals surface area (Å²) in [5.74, 6) is 0.992. The van der Waals surface area contributed by atoms with Gasteiger partial charge in [0.05, 0.1) is 11.0 Å². The molecule has 0 radical (unpaired) electrons. The lowest BCUT2D eigenvalue weighted by Crippen LogP contribution is -2.24. The van der Waals surface area contributed by atoms with Gasteiger partial charge in [0.15, 0.2) is 0 Å². The van der Waals surface area contributed by atoms with Crippen molar-refractivity contribution in [2.24, 2.45) is 0 Å². The zero-order valence-electron chi connectivity index (χ0n) is 15.6. The summed E-state index contributed by atoms with van der Waals surface area (Å²) in [5.41, 5.74) is 4.76. The minimum atomic E-state index is -0.337. The molecule has 3 heterocycles. The van der Waals surface area contributed by atoms with Gasteiger partial charge in [0.25, 0.3) is 11.7 Å². The van der Waals surface area contributed by atoms with E-state index in [1.807, 2.05) is 61.5 Å². The molecule has 2 aromatic carbocycles. The maximum Gasteiger partial charge on any atom is 0.291 e. The van der Waals surface area contributed by atoms with Gasteiger partial charge in [-0.15, -0.1) is 5.10 Å². The van der Waals surface area contributed by atoms with Crippen molar-refractivity contribution in [1.29, 1.82) is 0 Å². The van der Waals surface area contributed by atoms with E-state index < -0.39 is 0 Å². The number of para-hydroxylation sites is 2. The number of aromatic amines is 1. The summed E-state index contributed by atoms with van der Waals surface area (Å²) in [7, 11) is 0. The van der Waals surface area contributed by atoms with Crippen molar-refractivity contribution in [3.8, 4) is 11.4 Å². The molecule has 0 saturated heterocycles. The number of carbonyl (C=O) groups is 1. The third kappa shape index (κ3) is 3.20. The fourth-order valence-corrected chi connectivity index (χ4v) is 3.13. The molecular formula is C21H17N7O. The van der Waals surface area contributed by atoms with E-state index in [0.29, 0.717) is 12.3 Å². The Bertz CT molecular complexity index is 1300. The highest BCUT2D eigenvalue weighted by Crippen LogP contribution is 2.20. The first kappa shape index (κ1) is 17.1. The van der Waals surface area contributed by atoms with Crippen molar-refractivity contribution >= 4 is 22.7 Å². The minimum Gasteiger partial charge on any atom is -0.345 e. The first-order chi connectivity index (χ1) is 14.2. The maximum absolute atomic E-state index is 12.4. The molecular weight excluding hydrogens is 366 g/mol. The third-order valence-electron chi connectivity index (χ3n) is 4.70. The summed E-state index contributed by atoms with van der Waals surface area (Å²) >= 11 is 0. The van der Waals surface area contributed by atoms with Crippen LogP contribution in [0.1, 0.15) is 21.9 Å². The average molecular weight is 383 g/mol. The van der Waals surface area contributed by atoms with Crippen LogP contribution >= 0.6 is 0 Å². The van der Waals surface area contributed by atoms with E-state index in [4.69, 9.17) is 0 Å². The van der Waals surface area contributed by atoms with Gasteiger partial charge >= 0.3 is 0 Å². The lowest BCUT2D eigenvalue weighted by Gasteiger charge is -2.04. The highest BCUT2D eigenvalue weighted by Gasteiger charge is 2.14. The fourth-order valence-electron chi connectivity index (χ4n) is 3.13. The van der Waals surface area contributed by atoms with E-state index >= 15 is 0 Å². The van der Waals surface area contributed by atoms with Gasteiger partial charge in [-0.2, -0.15) is 4.98 Å². The Labute approximate surface area is 165 Å². The molecule has 5 aromatic rings. The van der Waals surface area contributed by atoms with Crippen molar-refractivity contribution in [1.82, 2.24) is 34.9 Å². The predicted molar refractivity (Wildman–Crippen MR) is 108 cm³/mol. The smallest absolute Gasteiger partial charge is 0.291 e. The molecule has 8 nitrogen and oxygen atoms in total. The summed E-state index contributed by atoms with van der Waals surface area (Å²) in [5, 5.41) is 7.07. The monoisotopic (exact) mass is 383 g/mol. The molecule has 29 heavy (non-hydrogen) atoms. The van der Waals surface area contributed by atoms with E-state index in [9.17, 15) is 4.79 Å². The molecule has 1 amide bonds. The summed E-state index contributed by atoms with van der Waals surface area (Å²) in [6.07, 6.45) is 1.64. The first-order valence-corrected chi connectivity index (χ1v) is 9.18. The number of aryl methyl sites for hydroxylation is 1. The lowest BCUT2D eigenvalue weighted by atomic mass is 10.1. The Morgan fingerprint density at radius 1 is 1.07 bits per heavy atom. The second kappa shape index (κ2) is 6.83. The van der Waals surface area contributed by atoms with Crippen LogP contribution in [0.25, 0.3) is 28.2 Å². The largest absolute Gasteiger partial charge is 0.345 e. The number of benzene rings is 2. The zero-order chi connectivity index (χ0) is 19.8. The number of fused-ring (bicyclic) bond motifs is 2. The molecule has 0 bridgehead atoms. The van der Waals surface area contributed by atoms with Crippen molar-refractivity contribution in [2.75, 3.05) is 0 Å². The molecule has 0 spiro atoms. The molecule has 0 fully saturated rings. The maximum atomic E-state index is 12.4. The standard InChI is InChI=1S/C21H17N7O/c1-13-10-11-22-21-26-19(27-28(13)21)20(29)23-12-14-6-8-15(9-7-14)18-24-16-4-2-3-5-17(16)25-18/h2-11H,12H2,1H3,(H,23,29)(H,24,25). The van der Waals surface area contributed by atoms with Crippen LogP contribution in [0.3, 0.4) is 0 Å². The number of imidazole rings is 1. The van der Waals surface area contributed by atoms with Crippen molar-refractivity contribution < 1.29 is 4.79 Å². The van der Waals surface area contributed by atoms with Gasteiger partial charge in [-0.25, -0.2) is 14.5 Å². The molecule has 142 valence electrons. The van der Waals surface area contributed by atoms with Crippen LogP contribution in [0, 0.1) is 6.92 Å². The Morgan fingerprint density at radius 2 is 1.90 bits per heavy atom. The summed E-state index contributed by atoms with van der Waals surface area (Å²) < 4.78 is 1.55. The third-order valence-corrected chi connectivity index (χ3v) is 4.70. The van der Waals surface area contributed by atoms with Crippen molar-refractivity contribution in [3.05, 3.63) is 77.9 Å². The van der Waals surface area contributed by atoms with Gasteiger partial charge in [0, 0.05) is 24.0 Å². The molecule has 0 aliphatic heterocycles. The summed E-state index contributed by atoms with van der Waals surface area (Å²) in [4.78, 5) is 28.6. The molecule has 0 aliphatic rings. The number of hydrogen-bond donors (Lipinski definition) is 2. The zero-order valence-corrected chi connectivity index (χ0v) is 15.6. The topological polar surface area (TPSA) is 101 Å². The van der Waals surface area contributed by atoms with Crippen LogP contribution in [0.5, 0.6) is 0 Å². The second-order valence-electron chi connectivity index (χ2n) is 6.72. The van der Waals surface area contributed by atoms with E-state index in [1.54, 1.807) is 10.7 Å². The first-order valence-electron chi connectivity index (χ1n) is 9.18. The molecule has 0 atom stereocenters. The van der Waals surface area contributed by atoms with Crippen LogP contribution in [-0.4, -0.2) is 35.5 Å². The summed E-state index contributed by atoms with van der Waals surface area (Å²) in [6, 6.07) is 17.6. The number of carbonyl (C=O) groups excluding carboxylic acids is 1.